The highest BCUT2D eigenvalue weighted by Gasteiger charge is 2.36. The number of hydrogen-bond acceptors (Lipinski definition) is 2. The molecule has 0 aromatic rings. The second-order valence-electron chi connectivity index (χ2n) is 4.90. The van der Waals surface area contributed by atoms with E-state index in [4.69, 9.17) is 9.47 Å². The third-order valence-electron chi connectivity index (χ3n) is 3.01. The van der Waals surface area contributed by atoms with Gasteiger partial charge in [-0.2, -0.15) is 0 Å². The molecule has 0 bridgehead atoms. The van der Waals surface area contributed by atoms with Crippen molar-refractivity contribution in [2.45, 2.75) is 46.8 Å². The fourth-order valence-electron chi connectivity index (χ4n) is 1.99. The van der Waals surface area contributed by atoms with E-state index in [2.05, 4.69) is 27.7 Å². The van der Waals surface area contributed by atoms with Crippen LogP contribution in [0.15, 0.2) is 0 Å². The molecular weight excluding hydrogens is 176 g/mol. The molecule has 0 radical (unpaired) electrons. The summed E-state index contributed by atoms with van der Waals surface area (Å²) in [4.78, 5) is 0. The van der Waals surface area contributed by atoms with Gasteiger partial charge in [0, 0.05) is 20.1 Å². The summed E-state index contributed by atoms with van der Waals surface area (Å²) in [5.41, 5.74) is 0. The van der Waals surface area contributed by atoms with Crippen molar-refractivity contribution in [3.05, 3.63) is 0 Å². The maximum absolute atomic E-state index is 5.49. The van der Waals surface area contributed by atoms with Crippen molar-refractivity contribution in [2.75, 3.05) is 14.2 Å². The molecule has 14 heavy (non-hydrogen) atoms. The maximum Gasteiger partial charge on any atom is 0.167 e. The van der Waals surface area contributed by atoms with E-state index >= 15 is 0 Å². The van der Waals surface area contributed by atoms with Crippen LogP contribution in [0, 0.1) is 17.8 Å². The van der Waals surface area contributed by atoms with Crippen LogP contribution in [0.1, 0.15) is 41.0 Å². The lowest BCUT2D eigenvalue weighted by Crippen LogP contribution is -2.42. The molecule has 1 unspecified atom stereocenters. The van der Waals surface area contributed by atoms with Crippen LogP contribution in [0.25, 0.3) is 0 Å². The van der Waals surface area contributed by atoms with E-state index in [0.29, 0.717) is 17.8 Å². The molecule has 0 saturated carbocycles. The van der Waals surface area contributed by atoms with E-state index in [1.165, 1.54) is 0 Å². The number of ether oxygens (including phenoxy) is 2. The number of rotatable bonds is 6. The molecule has 0 heterocycles. The number of methoxy groups -OCH3 is 2. The van der Waals surface area contributed by atoms with Crippen LogP contribution in [-0.2, 0) is 9.47 Å². The third-order valence-corrected chi connectivity index (χ3v) is 3.01. The van der Waals surface area contributed by atoms with Crippen molar-refractivity contribution in [1.29, 1.82) is 0 Å². The molecular formula is C12H26O2. The van der Waals surface area contributed by atoms with E-state index in [1.807, 2.05) is 6.92 Å². The van der Waals surface area contributed by atoms with E-state index in [1.54, 1.807) is 14.2 Å². The van der Waals surface area contributed by atoms with Crippen molar-refractivity contribution >= 4 is 0 Å². The highest BCUT2D eigenvalue weighted by Crippen LogP contribution is 2.33. The molecule has 0 fully saturated rings. The average molecular weight is 202 g/mol. The van der Waals surface area contributed by atoms with Crippen molar-refractivity contribution in [2.24, 2.45) is 17.8 Å². The van der Waals surface area contributed by atoms with Gasteiger partial charge in [0.1, 0.15) is 0 Å². The van der Waals surface area contributed by atoms with Crippen molar-refractivity contribution < 1.29 is 9.47 Å². The second kappa shape index (κ2) is 5.72. The summed E-state index contributed by atoms with van der Waals surface area (Å²) in [6.45, 7) is 11.0. The molecule has 0 aliphatic carbocycles. The minimum absolute atomic E-state index is 0.442. The molecule has 0 aromatic carbocycles. The molecule has 86 valence electrons. The summed E-state index contributed by atoms with van der Waals surface area (Å²) in [6.07, 6.45) is 1.13. The summed E-state index contributed by atoms with van der Waals surface area (Å²) in [5, 5.41) is 0. The zero-order valence-electron chi connectivity index (χ0n) is 10.8. The van der Waals surface area contributed by atoms with Gasteiger partial charge in [-0.05, 0) is 25.2 Å². The molecule has 2 nitrogen and oxygen atoms in total. The second-order valence-corrected chi connectivity index (χ2v) is 4.90. The van der Waals surface area contributed by atoms with E-state index in [-0.39, 0.29) is 0 Å². The molecule has 1 atom stereocenters. The summed E-state index contributed by atoms with van der Waals surface area (Å²) < 4.78 is 11.0. The molecule has 0 aliphatic rings. The quantitative estimate of drug-likeness (QED) is 0.615. The first-order valence-electron chi connectivity index (χ1n) is 5.47. The van der Waals surface area contributed by atoms with Gasteiger partial charge in [-0.3, -0.25) is 0 Å². The van der Waals surface area contributed by atoms with Gasteiger partial charge >= 0.3 is 0 Å². The lowest BCUT2D eigenvalue weighted by atomic mass is 9.81. The molecule has 0 N–H and O–H groups in total. The Hall–Kier alpha value is -0.0800. The standard InChI is InChI=1S/C12H26O2/c1-9(2)8-11(10(3)4)12(5,13-6)14-7/h9-11H,8H2,1-7H3. The van der Waals surface area contributed by atoms with Crippen LogP contribution in [0.2, 0.25) is 0 Å². The Morgan fingerprint density at radius 1 is 1.00 bits per heavy atom. The molecule has 0 spiro atoms. The molecule has 0 amide bonds. The van der Waals surface area contributed by atoms with Crippen LogP contribution >= 0.6 is 0 Å². The topological polar surface area (TPSA) is 18.5 Å². The summed E-state index contributed by atoms with van der Waals surface area (Å²) >= 11 is 0. The first-order valence-corrected chi connectivity index (χ1v) is 5.47. The van der Waals surface area contributed by atoms with Gasteiger partial charge in [-0.25, -0.2) is 0 Å². The minimum atomic E-state index is -0.446. The Morgan fingerprint density at radius 3 is 1.64 bits per heavy atom. The zero-order valence-corrected chi connectivity index (χ0v) is 10.8. The summed E-state index contributed by atoms with van der Waals surface area (Å²) in [6, 6.07) is 0. The molecule has 0 rings (SSSR count). The van der Waals surface area contributed by atoms with E-state index in [0.717, 1.165) is 6.42 Å². The SMILES string of the molecule is COC(C)(OC)C(CC(C)C)C(C)C. The van der Waals surface area contributed by atoms with Crippen LogP contribution in [0.5, 0.6) is 0 Å². The summed E-state index contributed by atoms with van der Waals surface area (Å²) in [7, 11) is 3.44. The fraction of sp³-hybridized carbons (Fsp3) is 1.00. The monoisotopic (exact) mass is 202 g/mol. The molecule has 0 saturated heterocycles. The highest BCUT2D eigenvalue weighted by molar-refractivity contribution is 4.78. The Labute approximate surface area is 89.0 Å². The smallest absolute Gasteiger partial charge is 0.167 e. The van der Waals surface area contributed by atoms with Crippen molar-refractivity contribution in [3.8, 4) is 0 Å². The molecule has 2 heteroatoms. The van der Waals surface area contributed by atoms with Crippen LogP contribution in [-0.4, -0.2) is 20.0 Å². The van der Waals surface area contributed by atoms with Gasteiger partial charge in [-0.1, -0.05) is 27.7 Å². The van der Waals surface area contributed by atoms with Gasteiger partial charge in [0.05, 0.1) is 0 Å². The van der Waals surface area contributed by atoms with Gasteiger partial charge in [0.25, 0.3) is 0 Å². The predicted molar refractivity (Wildman–Crippen MR) is 60.2 cm³/mol. The zero-order chi connectivity index (χ0) is 11.4. The van der Waals surface area contributed by atoms with Gasteiger partial charge < -0.3 is 9.47 Å². The Bertz CT molecular complexity index is 148. The van der Waals surface area contributed by atoms with Crippen LogP contribution in [0.4, 0.5) is 0 Å². The molecule has 0 aromatic heterocycles. The van der Waals surface area contributed by atoms with Gasteiger partial charge in [-0.15, -0.1) is 0 Å². The van der Waals surface area contributed by atoms with Crippen LogP contribution < -0.4 is 0 Å². The predicted octanol–water partition coefficient (Wildman–Crippen LogP) is 3.31. The van der Waals surface area contributed by atoms with Crippen molar-refractivity contribution in [1.82, 2.24) is 0 Å². The van der Waals surface area contributed by atoms with Gasteiger partial charge in [0.15, 0.2) is 5.79 Å². The first-order chi connectivity index (χ1) is 6.37. The largest absolute Gasteiger partial charge is 0.353 e. The lowest BCUT2D eigenvalue weighted by Gasteiger charge is -2.38. The average Bonchev–Trinajstić information content (AvgIpc) is 2.12. The lowest BCUT2D eigenvalue weighted by molar-refractivity contribution is -0.238. The number of hydrogen-bond donors (Lipinski definition) is 0. The van der Waals surface area contributed by atoms with E-state index in [9.17, 15) is 0 Å². The maximum atomic E-state index is 5.49. The Balaban J connectivity index is 4.61. The molecule has 0 aliphatic heterocycles. The van der Waals surface area contributed by atoms with E-state index < -0.39 is 5.79 Å². The minimum Gasteiger partial charge on any atom is -0.353 e. The third kappa shape index (κ3) is 3.58. The van der Waals surface area contributed by atoms with Crippen LogP contribution in [0.3, 0.4) is 0 Å². The summed E-state index contributed by atoms with van der Waals surface area (Å²) in [5.74, 6) is 1.24. The first kappa shape index (κ1) is 13.9. The normalized spacial score (nSPS) is 15.2. The Morgan fingerprint density at radius 2 is 1.43 bits per heavy atom. The Kier molecular flexibility index (Phi) is 5.68. The van der Waals surface area contributed by atoms with Crippen molar-refractivity contribution in [3.63, 3.8) is 0 Å². The highest BCUT2D eigenvalue weighted by atomic mass is 16.7. The fourth-order valence-corrected chi connectivity index (χ4v) is 1.99. The van der Waals surface area contributed by atoms with Gasteiger partial charge in [0.2, 0.25) is 0 Å².